The van der Waals surface area contributed by atoms with Gasteiger partial charge in [0.2, 0.25) is 0 Å². The van der Waals surface area contributed by atoms with Crippen LogP contribution in [-0.4, -0.2) is 29.8 Å². The van der Waals surface area contributed by atoms with Crippen LogP contribution in [0.3, 0.4) is 0 Å². The highest BCUT2D eigenvalue weighted by atomic mass is 16.5. The Morgan fingerprint density at radius 2 is 2.15 bits per heavy atom. The number of hydrogen-bond acceptors (Lipinski definition) is 3. The first-order valence-electron chi connectivity index (χ1n) is 7.40. The van der Waals surface area contributed by atoms with E-state index in [1.54, 1.807) is 7.11 Å². The minimum Gasteiger partial charge on any atom is -0.384 e. The molecule has 0 spiro atoms. The van der Waals surface area contributed by atoms with E-state index in [1.807, 2.05) is 6.07 Å². The van der Waals surface area contributed by atoms with Crippen LogP contribution in [0.2, 0.25) is 0 Å². The number of nitrogens with one attached hydrogen (secondary N) is 1. The number of fused-ring (bicyclic) bond motifs is 1. The fourth-order valence-electron chi connectivity index (χ4n) is 2.51. The van der Waals surface area contributed by atoms with Gasteiger partial charge in [0.25, 0.3) is 0 Å². The van der Waals surface area contributed by atoms with E-state index in [9.17, 15) is 0 Å². The molecule has 4 heteroatoms. The van der Waals surface area contributed by atoms with Crippen LogP contribution in [0.4, 0.5) is 0 Å². The van der Waals surface area contributed by atoms with Crippen LogP contribution in [0.25, 0.3) is 11.0 Å². The maximum absolute atomic E-state index is 5.16. The highest BCUT2D eigenvalue weighted by Crippen LogP contribution is 2.16. The van der Waals surface area contributed by atoms with E-state index in [0.717, 1.165) is 44.0 Å². The Balaban J connectivity index is 2.06. The molecule has 0 radical (unpaired) electrons. The minimum absolute atomic E-state index is 0.518. The van der Waals surface area contributed by atoms with E-state index in [4.69, 9.17) is 9.72 Å². The van der Waals surface area contributed by atoms with Crippen LogP contribution in [0.15, 0.2) is 24.3 Å². The van der Waals surface area contributed by atoms with Crippen molar-refractivity contribution in [3.05, 3.63) is 30.1 Å². The molecule has 0 saturated heterocycles. The number of aryl methyl sites for hydroxylation is 1. The summed E-state index contributed by atoms with van der Waals surface area (Å²) in [6, 6.07) is 8.35. The van der Waals surface area contributed by atoms with Crippen molar-refractivity contribution in [3.63, 3.8) is 0 Å². The van der Waals surface area contributed by atoms with Crippen molar-refractivity contribution in [1.82, 2.24) is 14.9 Å². The van der Waals surface area contributed by atoms with Crippen LogP contribution in [0, 0.1) is 5.92 Å². The third-order valence-corrected chi connectivity index (χ3v) is 3.41. The van der Waals surface area contributed by atoms with Gasteiger partial charge in [0.15, 0.2) is 0 Å². The summed E-state index contributed by atoms with van der Waals surface area (Å²) in [5, 5.41) is 3.48. The number of benzene rings is 1. The quantitative estimate of drug-likeness (QED) is 0.805. The molecule has 0 aliphatic heterocycles. The van der Waals surface area contributed by atoms with Crippen molar-refractivity contribution in [2.75, 3.05) is 20.3 Å². The maximum atomic E-state index is 5.16. The molecule has 1 N–H and O–H groups in total. The summed E-state index contributed by atoms with van der Waals surface area (Å²) in [6.45, 7) is 7.95. The maximum Gasteiger partial charge on any atom is 0.123 e. The van der Waals surface area contributed by atoms with Crippen molar-refractivity contribution in [3.8, 4) is 0 Å². The van der Waals surface area contributed by atoms with E-state index in [-0.39, 0.29) is 0 Å². The summed E-state index contributed by atoms with van der Waals surface area (Å²) in [6.07, 6.45) is 1.12. The van der Waals surface area contributed by atoms with E-state index in [0.29, 0.717) is 5.92 Å². The Hall–Kier alpha value is -1.39. The number of imidazole rings is 1. The monoisotopic (exact) mass is 275 g/mol. The largest absolute Gasteiger partial charge is 0.384 e. The number of rotatable bonds is 8. The average molecular weight is 275 g/mol. The second-order valence-corrected chi connectivity index (χ2v) is 5.36. The predicted octanol–water partition coefficient (Wildman–Crippen LogP) is 2.82. The molecule has 1 unspecified atom stereocenters. The van der Waals surface area contributed by atoms with Crippen molar-refractivity contribution in [2.24, 2.45) is 5.92 Å². The van der Waals surface area contributed by atoms with Crippen molar-refractivity contribution >= 4 is 11.0 Å². The molecule has 0 bridgehead atoms. The zero-order chi connectivity index (χ0) is 14.4. The van der Waals surface area contributed by atoms with E-state index < -0.39 is 0 Å². The normalized spacial score (nSPS) is 12.9. The zero-order valence-electron chi connectivity index (χ0n) is 12.7. The summed E-state index contributed by atoms with van der Waals surface area (Å²) in [4.78, 5) is 4.74. The fraction of sp³-hybridized carbons (Fsp3) is 0.562. The van der Waals surface area contributed by atoms with Crippen LogP contribution in [-0.2, 0) is 17.8 Å². The molecule has 1 heterocycles. The van der Waals surface area contributed by atoms with Gasteiger partial charge < -0.3 is 14.6 Å². The third kappa shape index (κ3) is 3.58. The lowest BCUT2D eigenvalue weighted by Crippen LogP contribution is -2.25. The number of nitrogens with zero attached hydrogens (tertiary/aromatic N) is 2. The second kappa shape index (κ2) is 7.41. The number of para-hydroxylation sites is 2. The van der Waals surface area contributed by atoms with Gasteiger partial charge in [-0.1, -0.05) is 26.0 Å². The van der Waals surface area contributed by atoms with Gasteiger partial charge in [-0.05, 0) is 24.5 Å². The lowest BCUT2D eigenvalue weighted by Gasteiger charge is -2.12. The van der Waals surface area contributed by atoms with Gasteiger partial charge in [0, 0.05) is 26.8 Å². The van der Waals surface area contributed by atoms with Crippen molar-refractivity contribution < 1.29 is 4.74 Å². The predicted molar refractivity (Wildman–Crippen MR) is 82.8 cm³/mol. The fourth-order valence-corrected chi connectivity index (χ4v) is 2.51. The SMILES string of the molecule is CCCn1c(CNCC(C)COC)nc2ccccc21. The highest BCUT2D eigenvalue weighted by Gasteiger charge is 2.09. The number of methoxy groups -OCH3 is 1. The molecule has 0 aliphatic rings. The second-order valence-electron chi connectivity index (χ2n) is 5.36. The van der Waals surface area contributed by atoms with Gasteiger partial charge in [-0.2, -0.15) is 0 Å². The molecule has 4 nitrogen and oxygen atoms in total. The van der Waals surface area contributed by atoms with Gasteiger partial charge in [-0.3, -0.25) is 0 Å². The number of ether oxygens (including phenoxy) is 1. The molecular formula is C16H25N3O. The summed E-state index contributed by atoms with van der Waals surface area (Å²) < 4.78 is 7.48. The van der Waals surface area contributed by atoms with Gasteiger partial charge in [-0.25, -0.2) is 4.98 Å². The summed E-state index contributed by atoms with van der Waals surface area (Å²) in [5.74, 6) is 1.64. The lowest BCUT2D eigenvalue weighted by molar-refractivity contribution is 0.158. The van der Waals surface area contributed by atoms with Crippen LogP contribution in [0.5, 0.6) is 0 Å². The molecule has 2 rings (SSSR count). The molecule has 1 aromatic carbocycles. The first kappa shape index (κ1) is 15.0. The van der Waals surface area contributed by atoms with E-state index >= 15 is 0 Å². The Bertz CT molecular complexity index is 536. The van der Waals surface area contributed by atoms with Crippen LogP contribution in [0.1, 0.15) is 26.1 Å². The molecule has 1 aromatic heterocycles. The highest BCUT2D eigenvalue weighted by molar-refractivity contribution is 5.75. The minimum atomic E-state index is 0.518. The zero-order valence-corrected chi connectivity index (χ0v) is 12.7. The van der Waals surface area contributed by atoms with Gasteiger partial charge in [0.05, 0.1) is 17.6 Å². The van der Waals surface area contributed by atoms with Gasteiger partial charge >= 0.3 is 0 Å². The molecule has 0 fully saturated rings. The Morgan fingerprint density at radius 1 is 1.35 bits per heavy atom. The van der Waals surface area contributed by atoms with Crippen LogP contribution >= 0.6 is 0 Å². The first-order valence-corrected chi connectivity index (χ1v) is 7.40. The van der Waals surface area contributed by atoms with E-state index in [1.165, 1.54) is 5.52 Å². The molecule has 110 valence electrons. The molecular weight excluding hydrogens is 250 g/mol. The smallest absolute Gasteiger partial charge is 0.123 e. The molecule has 2 aromatic rings. The molecule has 0 amide bonds. The third-order valence-electron chi connectivity index (χ3n) is 3.41. The Labute approximate surface area is 121 Å². The van der Waals surface area contributed by atoms with Gasteiger partial charge in [0.1, 0.15) is 5.82 Å². The molecule has 0 saturated carbocycles. The van der Waals surface area contributed by atoms with Crippen LogP contribution < -0.4 is 5.32 Å². The summed E-state index contributed by atoms with van der Waals surface area (Å²) in [7, 11) is 1.75. The average Bonchev–Trinajstić information content (AvgIpc) is 2.78. The first-order chi connectivity index (χ1) is 9.76. The standard InChI is InChI=1S/C16H25N3O/c1-4-9-19-15-8-6-5-7-14(15)18-16(19)11-17-10-13(2)12-20-3/h5-8,13,17H,4,9-12H2,1-3H3. The number of hydrogen-bond donors (Lipinski definition) is 1. The summed E-state index contributed by atoms with van der Waals surface area (Å²) in [5.41, 5.74) is 2.32. The topological polar surface area (TPSA) is 39.1 Å². The molecule has 20 heavy (non-hydrogen) atoms. The van der Waals surface area contributed by atoms with Crippen molar-refractivity contribution in [1.29, 1.82) is 0 Å². The lowest BCUT2D eigenvalue weighted by atomic mass is 10.2. The van der Waals surface area contributed by atoms with Crippen molar-refractivity contribution in [2.45, 2.75) is 33.4 Å². The molecule has 0 aliphatic carbocycles. The Kier molecular flexibility index (Phi) is 5.56. The Morgan fingerprint density at radius 3 is 2.90 bits per heavy atom. The molecule has 1 atom stereocenters. The summed E-state index contributed by atoms with van der Waals surface area (Å²) >= 11 is 0. The van der Waals surface area contributed by atoms with E-state index in [2.05, 4.69) is 41.9 Å². The number of aromatic nitrogens is 2. The van der Waals surface area contributed by atoms with Gasteiger partial charge in [-0.15, -0.1) is 0 Å².